The molecule has 1 atom stereocenters. The maximum absolute atomic E-state index is 12.9. The van der Waals surface area contributed by atoms with Gasteiger partial charge in [-0.15, -0.1) is 11.3 Å². The molecule has 0 aliphatic heterocycles. The van der Waals surface area contributed by atoms with E-state index >= 15 is 0 Å². The maximum atomic E-state index is 12.9. The summed E-state index contributed by atoms with van der Waals surface area (Å²) in [5.41, 5.74) is 2.32. The topological polar surface area (TPSA) is 84.1 Å². The van der Waals surface area contributed by atoms with Crippen molar-refractivity contribution in [2.75, 3.05) is 11.9 Å². The predicted octanol–water partition coefficient (Wildman–Crippen LogP) is 5.48. The van der Waals surface area contributed by atoms with E-state index in [4.69, 9.17) is 4.74 Å². The van der Waals surface area contributed by atoms with Crippen molar-refractivity contribution >= 4 is 44.9 Å². The van der Waals surface area contributed by atoms with Crippen LogP contribution < -0.4 is 15.6 Å². The largest absolute Gasteiger partial charge is 0.492 e. The van der Waals surface area contributed by atoms with Crippen molar-refractivity contribution in [2.45, 2.75) is 31.2 Å². The number of benzene rings is 2. The third kappa shape index (κ3) is 4.56. The van der Waals surface area contributed by atoms with E-state index in [-0.39, 0.29) is 11.5 Å². The van der Waals surface area contributed by atoms with E-state index < -0.39 is 5.25 Å². The van der Waals surface area contributed by atoms with E-state index in [1.54, 1.807) is 13.0 Å². The van der Waals surface area contributed by atoms with E-state index in [0.29, 0.717) is 33.4 Å². The molecule has 0 spiro atoms. The predicted molar refractivity (Wildman–Crippen MR) is 132 cm³/mol. The molecule has 4 aromatic rings. The fourth-order valence-corrected chi connectivity index (χ4v) is 5.31. The van der Waals surface area contributed by atoms with Crippen molar-refractivity contribution in [3.8, 4) is 16.9 Å². The zero-order valence-corrected chi connectivity index (χ0v) is 19.6. The highest BCUT2D eigenvalue weighted by atomic mass is 32.2. The van der Waals surface area contributed by atoms with Crippen LogP contribution in [0.4, 0.5) is 5.69 Å². The quantitative estimate of drug-likeness (QED) is 0.279. The fraction of sp³-hybridized carbons (Fsp3) is 0.208. The van der Waals surface area contributed by atoms with Crippen molar-refractivity contribution in [1.82, 2.24) is 9.97 Å². The maximum Gasteiger partial charge on any atom is 0.260 e. The summed E-state index contributed by atoms with van der Waals surface area (Å²) in [5, 5.41) is 3.44. The first-order valence-electron chi connectivity index (χ1n) is 10.3. The summed E-state index contributed by atoms with van der Waals surface area (Å²) in [7, 11) is 0. The Balaban J connectivity index is 1.57. The molecule has 0 saturated carbocycles. The molecule has 164 valence electrons. The number of para-hydroxylation sites is 2. The second kappa shape index (κ2) is 9.58. The molecular formula is C24H23N3O3S2. The number of aromatic nitrogens is 2. The average Bonchev–Trinajstić information content (AvgIpc) is 3.12. The summed E-state index contributed by atoms with van der Waals surface area (Å²) in [6.07, 6.45) is 0. The van der Waals surface area contributed by atoms with Crippen molar-refractivity contribution < 1.29 is 9.53 Å². The van der Waals surface area contributed by atoms with Gasteiger partial charge in [-0.1, -0.05) is 54.2 Å². The molecule has 1 amide bonds. The number of thiophene rings is 1. The molecular weight excluding hydrogens is 442 g/mol. The lowest BCUT2D eigenvalue weighted by Crippen LogP contribution is -2.23. The lowest BCUT2D eigenvalue weighted by atomic mass is 10.0. The van der Waals surface area contributed by atoms with E-state index in [2.05, 4.69) is 15.3 Å². The van der Waals surface area contributed by atoms with Gasteiger partial charge in [-0.05, 0) is 38.5 Å². The van der Waals surface area contributed by atoms with Gasteiger partial charge in [0.25, 0.3) is 5.56 Å². The SMILES string of the molecule is CCOc1ccccc1NC(=O)C(C)Sc1nc2sc(C)c(-c3ccccc3)c2c(=O)[nH]1. The van der Waals surface area contributed by atoms with Crippen LogP contribution >= 0.6 is 23.1 Å². The average molecular weight is 466 g/mol. The zero-order valence-electron chi connectivity index (χ0n) is 18.0. The minimum Gasteiger partial charge on any atom is -0.492 e. The van der Waals surface area contributed by atoms with Crippen LogP contribution in [-0.4, -0.2) is 27.7 Å². The van der Waals surface area contributed by atoms with Crippen LogP contribution in [-0.2, 0) is 4.79 Å². The molecule has 32 heavy (non-hydrogen) atoms. The normalized spacial score (nSPS) is 12.0. The van der Waals surface area contributed by atoms with Gasteiger partial charge in [0, 0.05) is 10.4 Å². The number of carbonyl (C=O) groups is 1. The van der Waals surface area contributed by atoms with Gasteiger partial charge in [-0.25, -0.2) is 4.98 Å². The minimum atomic E-state index is -0.472. The highest BCUT2D eigenvalue weighted by molar-refractivity contribution is 8.00. The molecule has 0 aliphatic rings. The zero-order chi connectivity index (χ0) is 22.7. The number of nitrogens with one attached hydrogen (secondary N) is 2. The number of rotatable bonds is 7. The number of aryl methyl sites for hydroxylation is 1. The number of thioether (sulfide) groups is 1. The molecule has 2 aromatic carbocycles. The Kier molecular flexibility index (Phi) is 6.62. The number of fused-ring (bicyclic) bond motifs is 1. The van der Waals surface area contributed by atoms with Crippen molar-refractivity contribution in [3.63, 3.8) is 0 Å². The number of anilines is 1. The van der Waals surface area contributed by atoms with Crippen molar-refractivity contribution in [3.05, 3.63) is 69.8 Å². The number of hydrogen-bond acceptors (Lipinski definition) is 6. The monoisotopic (exact) mass is 465 g/mol. The Labute approximate surface area is 194 Å². The van der Waals surface area contributed by atoms with Crippen LogP contribution in [0.25, 0.3) is 21.3 Å². The summed E-state index contributed by atoms with van der Waals surface area (Å²) in [6, 6.07) is 17.1. The van der Waals surface area contributed by atoms with E-state index in [1.807, 2.05) is 62.4 Å². The van der Waals surface area contributed by atoms with Gasteiger partial charge in [0.05, 0.1) is 22.9 Å². The molecule has 2 aromatic heterocycles. The molecule has 0 aliphatic carbocycles. The first-order chi connectivity index (χ1) is 15.5. The van der Waals surface area contributed by atoms with Gasteiger partial charge in [0.1, 0.15) is 10.6 Å². The Hall–Kier alpha value is -3.10. The van der Waals surface area contributed by atoms with Crippen molar-refractivity contribution in [2.24, 2.45) is 0 Å². The van der Waals surface area contributed by atoms with Gasteiger partial charge in [0.15, 0.2) is 5.16 Å². The summed E-state index contributed by atoms with van der Waals surface area (Å²) < 4.78 is 5.57. The van der Waals surface area contributed by atoms with Crippen LogP contribution in [0.1, 0.15) is 18.7 Å². The Morgan fingerprint density at radius 3 is 2.66 bits per heavy atom. The minimum absolute atomic E-state index is 0.197. The van der Waals surface area contributed by atoms with Crippen LogP contribution in [0.15, 0.2) is 64.5 Å². The molecule has 8 heteroatoms. The number of ether oxygens (including phenoxy) is 1. The Bertz CT molecular complexity index is 1320. The number of nitrogens with zero attached hydrogens (tertiary/aromatic N) is 1. The molecule has 2 N–H and O–H groups in total. The Morgan fingerprint density at radius 2 is 1.91 bits per heavy atom. The van der Waals surface area contributed by atoms with E-state index in [0.717, 1.165) is 16.0 Å². The molecule has 0 saturated heterocycles. The molecule has 4 rings (SSSR count). The number of carbonyl (C=O) groups excluding carboxylic acids is 1. The lowest BCUT2D eigenvalue weighted by Gasteiger charge is -2.14. The summed E-state index contributed by atoms with van der Waals surface area (Å²) in [6.45, 7) is 6.17. The van der Waals surface area contributed by atoms with Crippen LogP contribution in [0, 0.1) is 6.92 Å². The first-order valence-corrected chi connectivity index (χ1v) is 12.0. The van der Waals surface area contributed by atoms with Gasteiger partial charge in [-0.2, -0.15) is 0 Å². The first kappa shape index (κ1) is 22.1. The second-order valence-electron chi connectivity index (χ2n) is 7.13. The van der Waals surface area contributed by atoms with E-state index in [9.17, 15) is 9.59 Å². The fourth-order valence-electron chi connectivity index (χ4n) is 3.41. The number of H-pyrrole nitrogens is 1. The van der Waals surface area contributed by atoms with Gasteiger partial charge in [0.2, 0.25) is 5.91 Å². The second-order valence-corrected chi connectivity index (χ2v) is 9.66. The van der Waals surface area contributed by atoms with Gasteiger partial charge < -0.3 is 15.0 Å². The third-order valence-corrected chi connectivity index (χ3v) is 6.86. The summed E-state index contributed by atoms with van der Waals surface area (Å²) in [4.78, 5) is 34.9. The number of hydrogen-bond donors (Lipinski definition) is 2. The molecule has 0 bridgehead atoms. The number of amides is 1. The molecule has 6 nitrogen and oxygen atoms in total. The van der Waals surface area contributed by atoms with Gasteiger partial charge >= 0.3 is 0 Å². The van der Waals surface area contributed by atoms with Crippen LogP contribution in [0.2, 0.25) is 0 Å². The lowest BCUT2D eigenvalue weighted by molar-refractivity contribution is -0.115. The van der Waals surface area contributed by atoms with Crippen LogP contribution in [0.5, 0.6) is 5.75 Å². The smallest absolute Gasteiger partial charge is 0.260 e. The molecule has 0 radical (unpaired) electrons. The molecule has 2 heterocycles. The highest BCUT2D eigenvalue weighted by Crippen LogP contribution is 2.36. The van der Waals surface area contributed by atoms with E-state index in [1.165, 1.54) is 23.1 Å². The molecule has 1 unspecified atom stereocenters. The highest BCUT2D eigenvalue weighted by Gasteiger charge is 2.20. The van der Waals surface area contributed by atoms with Crippen LogP contribution in [0.3, 0.4) is 0 Å². The van der Waals surface area contributed by atoms with Gasteiger partial charge in [-0.3, -0.25) is 9.59 Å². The Morgan fingerprint density at radius 1 is 1.19 bits per heavy atom. The molecule has 0 fully saturated rings. The third-order valence-electron chi connectivity index (χ3n) is 4.88. The van der Waals surface area contributed by atoms with Crippen molar-refractivity contribution in [1.29, 1.82) is 0 Å². The number of aromatic amines is 1. The summed E-state index contributed by atoms with van der Waals surface area (Å²) >= 11 is 2.70. The summed E-state index contributed by atoms with van der Waals surface area (Å²) in [5.74, 6) is 0.424. The standard InChI is InChI=1S/C24H23N3O3S2/c1-4-30-18-13-9-8-12-17(18)25-21(28)15(3)32-24-26-22(29)20-19(14(2)31-23(20)27-24)16-10-6-5-7-11-16/h5-13,15H,4H2,1-3H3,(H,25,28)(H,26,27,29).